The molecule has 0 saturated heterocycles. The van der Waals surface area contributed by atoms with E-state index in [0.29, 0.717) is 0 Å². The molecule has 0 atom stereocenters. The first-order valence-electron chi connectivity index (χ1n) is 7.22. The minimum Gasteiger partial charge on any atom is -0.506 e. The van der Waals surface area contributed by atoms with Crippen molar-refractivity contribution in [3.8, 4) is 47.3 Å². The second kappa shape index (κ2) is 7.33. The molecule has 0 saturated carbocycles. The zero-order chi connectivity index (χ0) is 19.4. The Balaban J connectivity index is 2.88. The average Bonchev–Trinajstić information content (AvgIpc) is 2.67. The summed E-state index contributed by atoms with van der Waals surface area (Å²) in [5, 5.41) is 21.0. The van der Waals surface area contributed by atoms with E-state index in [2.05, 4.69) is 21.3 Å². The fraction of sp³-hybridized carbons (Fsp3) is 0.100. The lowest BCUT2D eigenvalue weighted by Crippen LogP contribution is -2.05. The van der Waals surface area contributed by atoms with Crippen LogP contribution in [-0.4, -0.2) is 36.4 Å². The molecule has 6 heteroatoms. The van der Waals surface area contributed by atoms with Crippen LogP contribution in [0, 0.1) is 24.7 Å². The van der Waals surface area contributed by atoms with Crippen LogP contribution < -0.4 is 0 Å². The molecule has 0 aromatic heterocycles. The van der Waals surface area contributed by atoms with Crippen molar-refractivity contribution >= 4 is 11.9 Å². The van der Waals surface area contributed by atoms with E-state index in [-0.39, 0.29) is 33.4 Å². The number of carbonyl (C=O) groups is 2. The summed E-state index contributed by atoms with van der Waals surface area (Å²) in [6, 6.07) is 5.29. The third kappa shape index (κ3) is 3.17. The molecule has 2 rings (SSSR count). The van der Waals surface area contributed by atoms with E-state index in [1.165, 1.54) is 24.3 Å². The number of rotatable bonds is 3. The second-order valence-corrected chi connectivity index (χ2v) is 5.11. The first kappa shape index (κ1) is 18.4. The summed E-state index contributed by atoms with van der Waals surface area (Å²) in [5.41, 5.74) is 0.152. The van der Waals surface area contributed by atoms with Gasteiger partial charge in [0.1, 0.15) is 22.6 Å². The number of hydrogen-bond acceptors (Lipinski definition) is 6. The minimum absolute atomic E-state index is 0.0144. The summed E-state index contributed by atoms with van der Waals surface area (Å²) in [5.74, 6) is 2.11. The van der Waals surface area contributed by atoms with Gasteiger partial charge >= 0.3 is 11.9 Å². The van der Waals surface area contributed by atoms with Crippen LogP contribution in [0.25, 0.3) is 11.1 Å². The minimum atomic E-state index is -0.818. The van der Waals surface area contributed by atoms with Crippen molar-refractivity contribution in [2.24, 2.45) is 0 Å². The lowest BCUT2D eigenvalue weighted by atomic mass is 9.94. The summed E-state index contributed by atoms with van der Waals surface area (Å²) in [4.78, 5) is 23.8. The van der Waals surface area contributed by atoms with Gasteiger partial charge in [0.2, 0.25) is 0 Å². The van der Waals surface area contributed by atoms with Gasteiger partial charge in [0.15, 0.2) is 0 Å². The molecule has 6 nitrogen and oxygen atoms in total. The van der Waals surface area contributed by atoms with Crippen molar-refractivity contribution in [3.05, 3.63) is 46.5 Å². The number of esters is 2. The predicted octanol–water partition coefficient (Wildman–Crippen LogP) is 2.30. The van der Waals surface area contributed by atoms with Gasteiger partial charge in [-0.2, -0.15) is 0 Å². The number of terminal acetylenes is 2. The highest BCUT2D eigenvalue weighted by Crippen LogP contribution is 2.41. The predicted molar refractivity (Wildman–Crippen MR) is 93.8 cm³/mol. The van der Waals surface area contributed by atoms with Crippen LogP contribution in [0.2, 0.25) is 0 Å². The van der Waals surface area contributed by atoms with E-state index in [1.807, 2.05) is 0 Å². The Morgan fingerprint density at radius 2 is 1.15 bits per heavy atom. The third-order valence-corrected chi connectivity index (χ3v) is 3.65. The molecule has 0 fully saturated rings. The molecule has 0 aliphatic rings. The highest BCUT2D eigenvalue weighted by atomic mass is 16.5. The summed E-state index contributed by atoms with van der Waals surface area (Å²) >= 11 is 0. The molecule has 0 bridgehead atoms. The lowest BCUT2D eigenvalue weighted by Gasteiger charge is -2.14. The average molecular weight is 350 g/mol. The van der Waals surface area contributed by atoms with E-state index in [9.17, 15) is 19.8 Å². The van der Waals surface area contributed by atoms with E-state index in [0.717, 1.165) is 14.2 Å². The lowest BCUT2D eigenvalue weighted by molar-refractivity contribution is 0.0587. The largest absolute Gasteiger partial charge is 0.506 e. The molecule has 0 spiro atoms. The Morgan fingerprint density at radius 1 is 0.808 bits per heavy atom. The van der Waals surface area contributed by atoms with Crippen LogP contribution in [-0.2, 0) is 9.47 Å². The van der Waals surface area contributed by atoms with Gasteiger partial charge < -0.3 is 19.7 Å². The maximum atomic E-state index is 11.9. The zero-order valence-electron chi connectivity index (χ0n) is 14.0. The highest BCUT2D eigenvalue weighted by molar-refractivity contribution is 6.00. The molecule has 0 unspecified atom stereocenters. The standard InChI is InChI=1S/C20H14O6/c1-5-11-7-13(17(21)15(9-11)19(23)25-3)14-8-12(6-2)10-16(18(14)22)20(24)26-4/h1-2,7-10,21-22H,3-4H3. The number of carbonyl (C=O) groups excluding carboxylic acids is 2. The molecule has 0 amide bonds. The van der Waals surface area contributed by atoms with Gasteiger partial charge in [-0.25, -0.2) is 9.59 Å². The Kier molecular flexibility index (Phi) is 5.20. The van der Waals surface area contributed by atoms with Gasteiger partial charge in [-0.1, -0.05) is 11.8 Å². The van der Waals surface area contributed by atoms with Crippen molar-refractivity contribution in [2.75, 3.05) is 14.2 Å². The summed E-state index contributed by atoms with van der Waals surface area (Å²) < 4.78 is 9.25. The fourth-order valence-electron chi connectivity index (χ4n) is 2.38. The van der Waals surface area contributed by atoms with Gasteiger partial charge in [0.05, 0.1) is 14.2 Å². The number of ether oxygens (including phenoxy) is 2. The smallest absolute Gasteiger partial charge is 0.341 e. The maximum absolute atomic E-state index is 11.9. The first-order valence-corrected chi connectivity index (χ1v) is 7.22. The molecule has 0 aliphatic carbocycles. The summed E-state index contributed by atoms with van der Waals surface area (Å²) in [6.45, 7) is 0. The fourth-order valence-corrected chi connectivity index (χ4v) is 2.38. The maximum Gasteiger partial charge on any atom is 0.341 e. The second-order valence-electron chi connectivity index (χ2n) is 5.11. The Hall–Kier alpha value is -3.90. The van der Waals surface area contributed by atoms with Gasteiger partial charge in [-0.05, 0) is 24.3 Å². The van der Waals surface area contributed by atoms with Gasteiger partial charge in [-0.15, -0.1) is 12.8 Å². The molecular weight excluding hydrogens is 336 g/mol. The van der Waals surface area contributed by atoms with Crippen molar-refractivity contribution in [2.45, 2.75) is 0 Å². The number of aromatic hydroxyl groups is 2. The van der Waals surface area contributed by atoms with E-state index >= 15 is 0 Å². The van der Waals surface area contributed by atoms with Crippen LogP contribution in [0.15, 0.2) is 24.3 Å². The number of hydrogen-bond donors (Lipinski definition) is 2. The molecular formula is C20H14O6. The monoisotopic (exact) mass is 350 g/mol. The number of benzene rings is 2. The van der Waals surface area contributed by atoms with Gasteiger partial charge in [0.25, 0.3) is 0 Å². The van der Waals surface area contributed by atoms with Gasteiger partial charge in [-0.3, -0.25) is 0 Å². The van der Waals surface area contributed by atoms with Crippen LogP contribution in [0.5, 0.6) is 11.5 Å². The molecule has 0 heterocycles. The number of phenols is 2. The van der Waals surface area contributed by atoms with Crippen LogP contribution in [0.3, 0.4) is 0 Å². The highest BCUT2D eigenvalue weighted by Gasteiger charge is 2.23. The summed E-state index contributed by atoms with van der Waals surface area (Å²) in [6.07, 6.45) is 10.8. The number of methoxy groups -OCH3 is 2. The van der Waals surface area contributed by atoms with Crippen LogP contribution >= 0.6 is 0 Å². The van der Waals surface area contributed by atoms with Crippen LogP contribution in [0.1, 0.15) is 31.8 Å². The van der Waals surface area contributed by atoms with E-state index in [1.54, 1.807) is 0 Å². The number of phenolic OH excluding ortho intramolecular Hbond substituents is 2. The van der Waals surface area contributed by atoms with Crippen LogP contribution in [0.4, 0.5) is 0 Å². The molecule has 2 N–H and O–H groups in total. The van der Waals surface area contributed by atoms with E-state index < -0.39 is 23.4 Å². The summed E-state index contributed by atoms with van der Waals surface area (Å²) in [7, 11) is 2.30. The third-order valence-electron chi connectivity index (χ3n) is 3.65. The van der Waals surface area contributed by atoms with Crippen molar-refractivity contribution < 1.29 is 29.3 Å². The molecule has 26 heavy (non-hydrogen) atoms. The quantitative estimate of drug-likeness (QED) is 0.652. The van der Waals surface area contributed by atoms with Crippen molar-refractivity contribution in [1.82, 2.24) is 0 Å². The van der Waals surface area contributed by atoms with Gasteiger partial charge in [0, 0.05) is 22.3 Å². The Labute approximate surface area is 150 Å². The Morgan fingerprint density at radius 3 is 1.42 bits per heavy atom. The molecule has 130 valence electrons. The SMILES string of the molecule is C#Cc1cc(C(=O)OC)c(O)c(-c2cc(C#C)cc(C(=O)OC)c2O)c1. The molecule has 0 aliphatic heterocycles. The molecule has 2 aromatic rings. The normalized spacial score (nSPS) is 9.69. The van der Waals surface area contributed by atoms with E-state index in [4.69, 9.17) is 12.8 Å². The topological polar surface area (TPSA) is 93.1 Å². The Bertz CT molecular complexity index is 907. The molecule has 2 aromatic carbocycles. The van der Waals surface area contributed by atoms with Crippen molar-refractivity contribution in [1.29, 1.82) is 0 Å². The zero-order valence-corrected chi connectivity index (χ0v) is 14.0. The molecule has 0 radical (unpaired) electrons. The van der Waals surface area contributed by atoms with Crippen molar-refractivity contribution in [3.63, 3.8) is 0 Å². The first-order chi connectivity index (χ1) is 12.4.